The van der Waals surface area contributed by atoms with E-state index in [4.69, 9.17) is 0 Å². The Morgan fingerprint density at radius 2 is 0.930 bits per heavy atom. The summed E-state index contributed by atoms with van der Waals surface area (Å²) in [6.07, 6.45) is 12.6. The van der Waals surface area contributed by atoms with E-state index in [1.807, 2.05) is 0 Å². The van der Waals surface area contributed by atoms with Crippen LogP contribution in [0, 0.1) is 0 Å². The van der Waals surface area contributed by atoms with Crippen LogP contribution in [0.25, 0.3) is 22.3 Å². The Bertz CT molecular complexity index is 2770. The van der Waals surface area contributed by atoms with Crippen LogP contribution in [0.2, 0.25) is 0 Å². The molecule has 0 saturated heterocycles. The van der Waals surface area contributed by atoms with Gasteiger partial charge in [-0.05, 0) is 123 Å². The monoisotopic (exact) mass is 732 g/mol. The molecule has 2 aliphatic heterocycles. The SMILES string of the molecule is c1ccc(N2c3ccc4c(c3B3c5ccccc5N(c5ccccc5)c5c3c2cc2c5-c3ccccc3C23CCCCC3)-c2ccccc2C42CCCCC2)cc1. The summed E-state index contributed by atoms with van der Waals surface area (Å²) in [7, 11) is 0. The quantitative estimate of drug-likeness (QED) is 0.163. The molecule has 2 saturated carbocycles. The third-order valence-corrected chi connectivity index (χ3v) is 15.2. The molecule has 0 aromatic heterocycles. The average Bonchev–Trinajstić information content (AvgIpc) is 3.70. The van der Waals surface area contributed by atoms with Crippen molar-refractivity contribution in [3.63, 3.8) is 0 Å². The predicted octanol–water partition coefficient (Wildman–Crippen LogP) is 12.2. The van der Waals surface area contributed by atoms with Crippen molar-refractivity contribution in [1.29, 1.82) is 0 Å². The summed E-state index contributed by atoms with van der Waals surface area (Å²) in [5.74, 6) is 0. The molecule has 4 aliphatic carbocycles. The van der Waals surface area contributed by atoms with Crippen molar-refractivity contribution in [3.8, 4) is 22.3 Å². The maximum atomic E-state index is 2.70. The Hall–Kier alpha value is -5.80. The van der Waals surface area contributed by atoms with Crippen molar-refractivity contribution in [3.05, 3.63) is 174 Å². The first-order valence-electron chi connectivity index (χ1n) is 21.7. The lowest BCUT2D eigenvalue weighted by Crippen LogP contribution is -2.62. The molecule has 0 unspecified atom stereocenters. The molecule has 0 amide bonds. The molecule has 0 atom stereocenters. The second-order valence-corrected chi connectivity index (χ2v) is 17.7. The first-order chi connectivity index (χ1) is 28.3. The van der Waals surface area contributed by atoms with Crippen LogP contribution >= 0.6 is 0 Å². The fourth-order valence-corrected chi connectivity index (χ4v) is 13.1. The van der Waals surface area contributed by atoms with Gasteiger partial charge in [0.05, 0.1) is 5.69 Å². The van der Waals surface area contributed by atoms with Gasteiger partial charge in [0.2, 0.25) is 0 Å². The van der Waals surface area contributed by atoms with E-state index in [0.29, 0.717) is 0 Å². The molecule has 0 N–H and O–H groups in total. The van der Waals surface area contributed by atoms with Gasteiger partial charge >= 0.3 is 0 Å². The van der Waals surface area contributed by atoms with Gasteiger partial charge in [0.25, 0.3) is 6.71 Å². The minimum absolute atomic E-state index is 0.0113. The van der Waals surface area contributed by atoms with Crippen molar-refractivity contribution in [2.24, 2.45) is 0 Å². The van der Waals surface area contributed by atoms with Gasteiger partial charge in [0.15, 0.2) is 0 Å². The third kappa shape index (κ3) is 4.12. The normalized spacial score (nSPS) is 18.4. The number of hydrogen-bond acceptors (Lipinski definition) is 2. The van der Waals surface area contributed by atoms with E-state index in [9.17, 15) is 0 Å². The van der Waals surface area contributed by atoms with Crippen molar-refractivity contribution < 1.29 is 0 Å². The van der Waals surface area contributed by atoms with Gasteiger partial charge in [-0.25, -0.2) is 0 Å². The lowest BCUT2D eigenvalue weighted by molar-refractivity contribution is 0.353. The van der Waals surface area contributed by atoms with Crippen LogP contribution in [0.1, 0.15) is 86.5 Å². The lowest BCUT2D eigenvalue weighted by atomic mass is 9.32. The highest BCUT2D eigenvalue weighted by atomic mass is 15.2. The van der Waals surface area contributed by atoms with Crippen molar-refractivity contribution in [2.75, 3.05) is 9.80 Å². The van der Waals surface area contributed by atoms with Crippen LogP contribution < -0.4 is 26.2 Å². The standard InChI is InChI=1S/C54H45BN2/c1-5-19-36(20-6-1)56-46-30-29-42-48(38-23-9-11-25-40(38)53(42)31-15-3-16-32-53)50(46)55-44-27-13-14-28-45(44)57(37-21-7-2-8-22-37)52-49-39-24-10-12-26-41(39)54(33-17-4-18-34-54)43(49)35-47(56)51(52)55/h1-2,5-14,19-30,35H,3-4,15-18,31-34H2. The number of para-hydroxylation sites is 3. The Kier molecular flexibility index (Phi) is 6.73. The van der Waals surface area contributed by atoms with Gasteiger partial charge in [0, 0.05) is 44.8 Å². The second kappa shape index (κ2) is 11.9. The molecule has 7 aromatic carbocycles. The fraction of sp³-hybridized carbons (Fsp3) is 0.222. The molecule has 13 rings (SSSR count). The topological polar surface area (TPSA) is 6.48 Å². The first kappa shape index (κ1) is 32.3. The molecule has 2 nitrogen and oxygen atoms in total. The first-order valence-corrected chi connectivity index (χ1v) is 21.7. The number of anilines is 6. The van der Waals surface area contributed by atoms with E-state index < -0.39 is 0 Å². The molecule has 57 heavy (non-hydrogen) atoms. The molecule has 6 aliphatic rings. The van der Waals surface area contributed by atoms with Crippen LogP contribution in [0.3, 0.4) is 0 Å². The highest BCUT2D eigenvalue weighted by Gasteiger charge is 2.53. The molecular formula is C54H45BN2. The predicted molar refractivity (Wildman–Crippen MR) is 239 cm³/mol. The zero-order valence-corrected chi connectivity index (χ0v) is 32.5. The zero-order valence-electron chi connectivity index (χ0n) is 32.5. The Morgan fingerprint density at radius 3 is 1.60 bits per heavy atom. The summed E-state index contributed by atoms with van der Waals surface area (Å²) in [6, 6.07) is 58.8. The number of nitrogens with zero attached hydrogens (tertiary/aromatic N) is 2. The largest absolute Gasteiger partial charge is 0.311 e. The maximum Gasteiger partial charge on any atom is 0.252 e. The van der Waals surface area contributed by atoms with E-state index >= 15 is 0 Å². The van der Waals surface area contributed by atoms with Crippen LogP contribution in [0.15, 0.2) is 152 Å². The molecule has 2 spiro atoms. The highest BCUT2D eigenvalue weighted by molar-refractivity contribution is 7.01. The van der Waals surface area contributed by atoms with Gasteiger partial charge in [0.1, 0.15) is 0 Å². The fourth-order valence-electron chi connectivity index (χ4n) is 13.1. The Morgan fingerprint density at radius 1 is 0.386 bits per heavy atom. The highest BCUT2D eigenvalue weighted by Crippen LogP contribution is 2.62. The van der Waals surface area contributed by atoms with Gasteiger partial charge in [-0.2, -0.15) is 0 Å². The molecule has 0 bridgehead atoms. The summed E-state index contributed by atoms with van der Waals surface area (Å²) >= 11 is 0. The van der Waals surface area contributed by atoms with Gasteiger partial charge in [-0.3, -0.25) is 0 Å². The maximum absolute atomic E-state index is 2.70. The van der Waals surface area contributed by atoms with Crippen molar-refractivity contribution in [1.82, 2.24) is 0 Å². The summed E-state index contributed by atoms with van der Waals surface area (Å²) in [4.78, 5) is 5.34. The molecule has 0 radical (unpaired) electrons. The lowest BCUT2D eigenvalue weighted by Gasteiger charge is -2.47. The van der Waals surface area contributed by atoms with E-state index in [-0.39, 0.29) is 17.5 Å². The summed E-state index contributed by atoms with van der Waals surface area (Å²) in [6.45, 7) is 0.0724. The number of rotatable bonds is 2. The van der Waals surface area contributed by atoms with E-state index in [1.165, 1.54) is 143 Å². The van der Waals surface area contributed by atoms with Gasteiger partial charge in [-0.1, -0.05) is 148 Å². The third-order valence-electron chi connectivity index (χ3n) is 15.2. The van der Waals surface area contributed by atoms with E-state index in [2.05, 4.69) is 161 Å². The minimum Gasteiger partial charge on any atom is -0.311 e. The van der Waals surface area contributed by atoms with E-state index in [0.717, 1.165) is 0 Å². The Balaban J connectivity index is 1.22. The summed E-state index contributed by atoms with van der Waals surface area (Å²) in [5, 5.41) is 0. The molecule has 2 fully saturated rings. The van der Waals surface area contributed by atoms with Gasteiger partial charge in [-0.15, -0.1) is 0 Å². The number of hydrogen-bond donors (Lipinski definition) is 0. The van der Waals surface area contributed by atoms with Crippen molar-refractivity contribution >= 4 is 57.2 Å². The Labute approximate surface area is 336 Å². The van der Waals surface area contributed by atoms with Crippen LogP contribution in [0.5, 0.6) is 0 Å². The summed E-state index contributed by atoms with van der Waals surface area (Å²) in [5.41, 5.74) is 24.3. The van der Waals surface area contributed by atoms with Crippen molar-refractivity contribution in [2.45, 2.75) is 75.0 Å². The van der Waals surface area contributed by atoms with Crippen LogP contribution in [-0.2, 0) is 10.8 Å². The average molecular weight is 733 g/mol. The van der Waals surface area contributed by atoms with Gasteiger partial charge < -0.3 is 9.80 Å². The van der Waals surface area contributed by atoms with E-state index in [1.54, 1.807) is 16.7 Å². The molecule has 2 heterocycles. The second-order valence-electron chi connectivity index (χ2n) is 17.7. The molecular weight excluding hydrogens is 687 g/mol. The molecule has 274 valence electrons. The number of benzene rings is 7. The summed E-state index contributed by atoms with van der Waals surface area (Å²) < 4.78 is 0. The number of fused-ring (bicyclic) bond motifs is 16. The molecule has 3 heteroatoms. The molecule has 7 aromatic rings. The van der Waals surface area contributed by atoms with Crippen LogP contribution in [-0.4, -0.2) is 6.71 Å². The van der Waals surface area contributed by atoms with Crippen LogP contribution in [0.4, 0.5) is 34.1 Å². The minimum atomic E-state index is 0.0113. The smallest absolute Gasteiger partial charge is 0.252 e. The zero-order chi connectivity index (χ0) is 37.3.